The first-order chi connectivity index (χ1) is 5.88. The minimum atomic E-state index is -0.00560. The second kappa shape index (κ2) is 4.77. The molecule has 1 unspecified atom stereocenters. The van der Waals surface area contributed by atoms with E-state index in [2.05, 4.69) is 10.8 Å². The molecule has 12 heavy (non-hydrogen) atoms. The van der Waals surface area contributed by atoms with Crippen LogP contribution < -0.4 is 0 Å². The Kier molecular flexibility index (Phi) is 3.60. The van der Waals surface area contributed by atoms with Crippen LogP contribution in [0.2, 0.25) is 0 Å². The number of likely N-dealkylation sites (tertiary alicyclic amines) is 1. The Bertz CT molecular complexity index is 216. The lowest BCUT2D eigenvalue weighted by Gasteiger charge is -2.20. The highest BCUT2D eigenvalue weighted by atomic mass is 16.1. The van der Waals surface area contributed by atoms with Crippen molar-refractivity contribution in [2.24, 2.45) is 0 Å². The van der Waals surface area contributed by atoms with Gasteiger partial charge in [-0.15, -0.1) is 0 Å². The highest BCUT2D eigenvalue weighted by Crippen LogP contribution is 2.13. The van der Waals surface area contributed by atoms with Crippen molar-refractivity contribution in [2.75, 3.05) is 13.1 Å². The van der Waals surface area contributed by atoms with Gasteiger partial charge in [0, 0.05) is 12.5 Å². The summed E-state index contributed by atoms with van der Waals surface area (Å²) in [5, 5.41) is 0. The van der Waals surface area contributed by atoms with Gasteiger partial charge in [-0.25, -0.2) is 4.79 Å². The molecule has 1 rings (SSSR count). The third-order valence-corrected chi connectivity index (χ3v) is 2.17. The first-order valence-corrected chi connectivity index (χ1v) is 4.24. The minimum Gasteiger partial charge on any atom is -0.290 e. The Balaban J connectivity index is 2.44. The molecule has 0 aromatic rings. The fraction of sp³-hybridized carbons (Fsp3) is 0.600. The zero-order valence-electron chi connectivity index (χ0n) is 7.05. The van der Waals surface area contributed by atoms with Gasteiger partial charge in [0.15, 0.2) is 0 Å². The zero-order valence-corrected chi connectivity index (χ0v) is 7.05. The van der Waals surface area contributed by atoms with Gasteiger partial charge in [0.05, 0.1) is 6.04 Å². The van der Waals surface area contributed by atoms with E-state index < -0.39 is 0 Å². The van der Waals surface area contributed by atoms with Crippen molar-refractivity contribution in [1.29, 1.82) is 0 Å². The largest absolute Gasteiger partial charge is 0.290 e. The van der Waals surface area contributed by atoms with Crippen LogP contribution in [0, 0.1) is 12.3 Å². The lowest BCUT2D eigenvalue weighted by molar-refractivity contribution is 0.293. The van der Waals surface area contributed by atoms with Crippen LogP contribution in [0.5, 0.6) is 0 Å². The van der Waals surface area contributed by atoms with Gasteiger partial charge in [0.25, 0.3) is 0 Å². The SMILES string of the molecule is [C]#CC(CC=C=O)N1CCCC1. The molecular formula is C10H12NO. The van der Waals surface area contributed by atoms with E-state index in [1.54, 1.807) is 5.94 Å². The van der Waals surface area contributed by atoms with Crippen LogP contribution in [0.4, 0.5) is 0 Å². The van der Waals surface area contributed by atoms with E-state index in [9.17, 15) is 4.79 Å². The molecule has 63 valence electrons. The summed E-state index contributed by atoms with van der Waals surface area (Å²) >= 11 is 0. The monoisotopic (exact) mass is 162 g/mol. The van der Waals surface area contributed by atoms with Crippen LogP contribution in [0.25, 0.3) is 0 Å². The maximum absolute atomic E-state index is 9.95. The van der Waals surface area contributed by atoms with Gasteiger partial charge in [-0.05, 0) is 32.4 Å². The van der Waals surface area contributed by atoms with Gasteiger partial charge in [0.2, 0.25) is 0 Å². The summed E-state index contributed by atoms with van der Waals surface area (Å²) in [7, 11) is 0. The van der Waals surface area contributed by atoms with Crippen molar-refractivity contribution < 1.29 is 4.79 Å². The molecular weight excluding hydrogens is 150 g/mol. The van der Waals surface area contributed by atoms with Crippen molar-refractivity contribution in [2.45, 2.75) is 25.3 Å². The molecule has 0 spiro atoms. The third-order valence-electron chi connectivity index (χ3n) is 2.17. The number of hydrogen-bond acceptors (Lipinski definition) is 2. The van der Waals surface area contributed by atoms with Crippen molar-refractivity contribution in [3.05, 3.63) is 12.5 Å². The average molecular weight is 162 g/mol. The zero-order chi connectivity index (χ0) is 8.81. The summed E-state index contributed by atoms with van der Waals surface area (Å²) in [6, 6.07) is -0.00560. The van der Waals surface area contributed by atoms with Crippen LogP contribution in [-0.4, -0.2) is 30.0 Å². The molecule has 0 aromatic heterocycles. The van der Waals surface area contributed by atoms with Gasteiger partial charge >= 0.3 is 0 Å². The van der Waals surface area contributed by atoms with Crippen LogP contribution in [0.3, 0.4) is 0 Å². The standard InChI is InChI=1S/C10H12NO/c1-2-10(6-5-9-12)11-7-3-4-8-11/h5,10H,3-4,6-8H2. The Morgan fingerprint density at radius 1 is 1.50 bits per heavy atom. The summed E-state index contributed by atoms with van der Waals surface area (Å²) in [5.74, 6) is 4.18. The minimum absolute atomic E-state index is 0.00560. The molecule has 1 aliphatic heterocycles. The smallest absolute Gasteiger partial charge is 0.120 e. The summed E-state index contributed by atoms with van der Waals surface area (Å²) in [6.45, 7) is 2.06. The molecule has 1 saturated heterocycles. The summed E-state index contributed by atoms with van der Waals surface area (Å²) < 4.78 is 0. The maximum Gasteiger partial charge on any atom is 0.120 e. The van der Waals surface area contributed by atoms with E-state index in [4.69, 9.17) is 6.42 Å². The Morgan fingerprint density at radius 2 is 2.17 bits per heavy atom. The van der Waals surface area contributed by atoms with Crippen molar-refractivity contribution in [3.8, 4) is 5.92 Å². The lowest BCUT2D eigenvalue weighted by atomic mass is 10.2. The molecule has 2 heteroatoms. The van der Waals surface area contributed by atoms with Gasteiger partial charge in [-0.2, -0.15) is 0 Å². The predicted molar refractivity (Wildman–Crippen MR) is 46.6 cm³/mol. The van der Waals surface area contributed by atoms with Crippen molar-refractivity contribution in [1.82, 2.24) is 4.90 Å². The number of rotatable bonds is 3. The molecule has 0 bridgehead atoms. The average Bonchev–Trinajstić information content (AvgIpc) is 2.59. The maximum atomic E-state index is 9.95. The quantitative estimate of drug-likeness (QED) is 0.452. The Morgan fingerprint density at radius 3 is 2.67 bits per heavy atom. The van der Waals surface area contributed by atoms with Gasteiger partial charge in [-0.1, -0.05) is 5.92 Å². The van der Waals surface area contributed by atoms with Crippen molar-refractivity contribution in [3.63, 3.8) is 0 Å². The first kappa shape index (κ1) is 9.06. The van der Waals surface area contributed by atoms with E-state index in [-0.39, 0.29) is 6.04 Å². The fourth-order valence-corrected chi connectivity index (χ4v) is 1.51. The third kappa shape index (κ3) is 2.23. The van der Waals surface area contributed by atoms with Crippen LogP contribution in [0.1, 0.15) is 19.3 Å². The second-order valence-corrected chi connectivity index (χ2v) is 2.96. The van der Waals surface area contributed by atoms with E-state index >= 15 is 0 Å². The second-order valence-electron chi connectivity index (χ2n) is 2.96. The molecule has 1 heterocycles. The van der Waals surface area contributed by atoms with E-state index in [1.807, 2.05) is 0 Å². The van der Waals surface area contributed by atoms with E-state index in [0.29, 0.717) is 6.42 Å². The highest BCUT2D eigenvalue weighted by molar-refractivity contribution is 5.45. The fourth-order valence-electron chi connectivity index (χ4n) is 1.51. The number of carbonyl (C=O) groups excluding carboxylic acids is 1. The van der Waals surface area contributed by atoms with Crippen LogP contribution in [-0.2, 0) is 4.79 Å². The molecule has 1 radical (unpaired) electrons. The molecule has 1 aliphatic rings. The topological polar surface area (TPSA) is 20.3 Å². The van der Waals surface area contributed by atoms with E-state index in [1.165, 1.54) is 18.9 Å². The normalized spacial score (nSPS) is 19.6. The van der Waals surface area contributed by atoms with Crippen LogP contribution in [0.15, 0.2) is 6.08 Å². The molecule has 0 amide bonds. The summed E-state index contributed by atoms with van der Waals surface area (Å²) in [6.07, 6.45) is 11.5. The van der Waals surface area contributed by atoms with Gasteiger partial charge in [-0.3, -0.25) is 4.90 Å². The van der Waals surface area contributed by atoms with Crippen LogP contribution >= 0.6 is 0 Å². The molecule has 0 saturated carbocycles. The van der Waals surface area contributed by atoms with Crippen molar-refractivity contribution >= 4 is 5.94 Å². The molecule has 0 aromatic carbocycles. The van der Waals surface area contributed by atoms with E-state index in [0.717, 1.165) is 13.1 Å². The lowest BCUT2D eigenvalue weighted by Crippen LogP contribution is -2.30. The molecule has 0 N–H and O–H groups in total. The number of hydrogen-bond donors (Lipinski definition) is 0. The highest BCUT2D eigenvalue weighted by Gasteiger charge is 2.18. The number of nitrogens with zero attached hydrogens (tertiary/aromatic N) is 1. The molecule has 0 aliphatic carbocycles. The first-order valence-electron chi connectivity index (χ1n) is 4.24. The predicted octanol–water partition coefficient (Wildman–Crippen LogP) is 0.818. The molecule has 2 nitrogen and oxygen atoms in total. The summed E-state index contributed by atoms with van der Waals surface area (Å²) in [5.41, 5.74) is 0. The van der Waals surface area contributed by atoms with Gasteiger partial charge < -0.3 is 0 Å². The summed E-state index contributed by atoms with van der Waals surface area (Å²) in [4.78, 5) is 12.1. The van der Waals surface area contributed by atoms with Gasteiger partial charge in [0.1, 0.15) is 5.94 Å². The Labute approximate surface area is 73.2 Å². The molecule has 1 atom stereocenters. The molecule has 1 fully saturated rings. The Hall–Kier alpha value is -1.03.